The third kappa shape index (κ3) is 4.84. The highest BCUT2D eigenvalue weighted by molar-refractivity contribution is 5.94. The summed E-state index contributed by atoms with van der Waals surface area (Å²) in [6.07, 6.45) is 0. The molecule has 0 unspecified atom stereocenters. The van der Waals surface area contributed by atoms with Crippen LogP contribution in [0.4, 0.5) is 5.69 Å². The summed E-state index contributed by atoms with van der Waals surface area (Å²) in [5.41, 5.74) is 4.74. The summed E-state index contributed by atoms with van der Waals surface area (Å²) in [5, 5.41) is 3.23. The highest BCUT2D eigenvalue weighted by Gasteiger charge is 2.30. The van der Waals surface area contributed by atoms with Gasteiger partial charge in [0.2, 0.25) is 5.91 Å². The van der Waals surface area contributed by atoms with Crippen molar-refractivity contribution in [2.24, 2.45) is 5.92 Å². The smallest absolute Gasteiger partial charge is 0.226 e. The average molecular weight is 332 g/mol. The zero-order valence-corrected chi connectivity index (χ0v) is 17.6. The minimum atomic E-state index is -0.0408. The van der Waals surface area contributed by atoms with Crippen LogP contribution in [-0.2, 0) is 21.0 Å². The lowest BCUT2D eigenvalue weighted by Gasteiger charge is -2.33. The van der Waals surface area contributed by atoms with E-state index in [1.807, 2.05) is 13.8 Å². The Balaban J connectivity index is 3.78. The lowest BCUT2D eigenvalue weighted by Crippen LogP contribution is -2.27. The van der Waals surface area contributed by atoms with Crippen LogP contribution in [0.3, 0.4) is 0 Å². The molecule has 2 heteroatoms. The molecule has 1 aromatic rings. The summed E-state index contributed by atoms with van der Waals surface area (Å²) >= 11 is 0. The number of hydrogen-bond donors (Lipinski definition) is 1. The van der Waals surface area contributed by atoms with Gasteiger partial charge in [-0.05, 0) is 32.9 Å². The number of carbonyl (C=O) groups is 1. The van der Waals surface area contributed by atoms with Crippen molar-refractivity contribution in [3.05, 3.63) is 28.8 Å². The maximum Gasteiger partial charge on any atom is 0.226 e. The van der Waals surface area contributed by atoms with Gasteiger partial charge in [0.05, 0.1) is 0 Å². The maximum absolute atomic E-state index is 12.4. The number of hydrogen-bond acceptors (Lipinski definition) is 1. The molecule has 0 saturated heterocycles. The Morgan fingerprint density at radius 2 is 1.17 bits per heavy atom. The molecule has 1 rings (SSSR count). The molecule has 0 bridgehead atoms. The number of anilines is 1. The Kier molecular flexibility index (Phi) is 5.65. The van der Waals surface area contributed by atoms with Gasteiger partial charge < -0.3 is 5.32 Å². The average Bonchev–Trinajstić information content (AvgIpc) is 2.34. The fraction of sp³-hybridized carbons (Fsp3) is 0.682. The Morgan fingerprint density at radius 3 is 1.42 bits per heavy atom. The summed E-state index contributed by atoms with van der Waals surface area (Å²) < 4.78 is 0. The van der Waals surface area contributed by atoms with Gasteiger partial charge in [-0.25, -0.2) is 0 Å². The van der Waals surface area contributed by atoms with Gasteiger partial charge in [0, 0.05) is 11.6 Å². The van der Waals surface area contributed by atoms with E-state index in [9.17, 15) is 4.79 Å². The van der Waals surface area contributed by atoms with E-state index in [2.05, 4.69) is 79.8 Å². The van der Waals surface area contributed by atoms with Crippen LogP contribution in [0, 0.1) is 5.92 Å². The first kappa shape index (κ1) is 20.7. The molecule has 0 aromatic heterocycles. The van der Waals surface area contributed by atoms with Crippen molar-refractivity contribution >= 4 is 11.6 Å². The van der Waals surface area contributed by atoms with E-state index in [-0.39, 0.29) is 28.1 Å². The first-order valence-corrected chi connectivity index (χ1v) is 9.05. The van der Waals surface area contributed by atoms with Crippen LogP contribution in [0.2, 0.25) is 0 Å². The Hall–Kier alpha value is -1.31. The molecular formula is C22H37NO. The second-order valence-electron chi connectivity index (χ2n) is 10.3. The van der Waals surface area contributed by atoms with E-state index in [1.165, 1.54) is 16.7 Å². The van der Waals surface area contributed by atoms with E-state index in [1.54, 1.807) is 0 Å². The second kappa shape index (κ2) is 6.54. The lowest BCUT2D eigenvalue weighted by molar-refractivity contribution is -0.118. The molecular weight excluding hydrogens is 294 g/mol. The van der Waals surface area contributed by atoms with Crippen LogP contribution in [0.5, 0.6) is 0 Å². The van der Waals surface area contributed by atoms with Crippen molar-refractivity contribution < 1.29 is 4.79 Å². The predicted molar refractivity (Wildman–Crippen MR) is 106 cm³/mol. The molecule has 0 atom stereocenters. The fourth-order valence-corrected chi connectivity index (χ4v) is 2.66. The molecule has 2 nitrogen and oxygen atoms in total. The van der Waals surface area contributed by atoms with Crippen molar-refractivity contribution in [3.63, 3.8) is 0 Å². The third-order valence-corrected chi connectivity index (χ3v) is 4.39. The molecule has 24 heavy (non-hydrogen) atoms. The van der Waals surface area contributed by atoms with Gasteiger partial charge in [-0.2, -0.15) is 0 Å². The van der Waals surface area contributed by atoms with Gasteiger partial charge in [-0.3, -0.25) is 4.79 Å². The topological polar surface area (TPSA) is 29.1 Å². The van der Waals surface area contributed by atoms with Crippen LogP contribution in [0.25, 0.3) is 0 Å². The van der Waals surface area contributed by atoms with Crippen LogP contribution in [-0.4, -0.2) is 5.91 Å². The van der Waals surface area contributed by atoms with E-state index in [0.29, 0.717) is 0 Å². The molecule has 0 saturated carbocycles. The zero-order chi connectivity index (χ0) is 19.1. The minimum absolute atomic E-state index is 0.0343. The Bertz CT molecular complexity index is 569. The summed E-state index contributed by atoms with van der Waals surface area (Å²) in [6.45, 7) is 23.9. The summed E-state index contributed by atoms with van der Waals surface area (Å²) in [4.78, 5) is 12.4. The van der Waals surface area contributed by atoms with E-state index >= 15 is 0 Å². The molecule has 0 radical (unpaired) electrons. The highest BCUT2D eigenvalue weighted by atomic mass is 16.1. The third-order valence-electron chi connectivity index (χ3n) is 4.39. The zero-order valence-electron chi connectivity index (χ0n) is 17.6. The van der Waals surface area contributed by atoms with Crippen molar-refractivity contribution in [3.8, 4) is 0 Å². The molecule has 136 valence electrons. The summed E-state index contributed by atoms with van der Waals surface area (Å²) in [7, 11) is 0. The van der Waals surface area contributed by atoms with Crippen LogP contribution in [0.1, 0.15) is 92.9 Å². The fourth-order valence-electron chi connectivity index (χ4n) is 2.66. The van der Waals surface area contributed by atoms with Gasteiger partial charge in [0.1, 0.15) is 0 Å². The Labute approximate surface area is 149 Å². The monoisotopic (exact) mass is 331 g/mol. The number of benzene rings is 1. The molecule has 1 amide bonds. The van der Waals surface area contributed by atoms with Crippen molar-refractivity contribution in [1.29, 1.82) is 0 Å². The molecule has 0 aliphatic rings. The van der Waals surface area contributed by atoms with Gasteiger partial charge in [0.15, 0.2) is 0 Å². The quantitative estimate of drug-likeness (QED) is 0.689. The maximum atomic E-state index is 12.4. The first-order chi connectivity index (χ1) is 10.5. The molecule has 0 heterocycles. The molecule has 1 N–H and O–H groups in total. The first-order valence-electron chi connectivity index (χ1n) is 9.05. The molecule has 0 fully saturated rings. The molecule has 1 aromatic carbocycles. The largest absolute Gasteiger partial charge is 0.325 e. The number of carbonyl (C=O) groups excluding carboxylic acids is 1. The van der Waals surface area contributed by atoms with Crippen molar-refractivity contribution in [2.45, 2.75) is 92.4 Å². The minimum Gasteiger partial charge on any atom is -0.325 e. The SMILES string of the molecule is CC(C)C(=O)Nc1c(C(C)(C)C)cc(C(C)(C)C)cc1C(C)(C)C. The number of rotatable bonds is 2. The second-order valence-corrected chi connectivity index (χ2v) is 10.3. The highest BCUT2D eigenvalue weighted by Crippen LogP contribution is 2.41. The molecule has 0 aliphatic heterocycles. The van der Waals surface area contributed by atoms with Gasteiger partial charge >= 0.3 is 0 Å². The van der Waals surface area contributed by atoms with Crippen molar-refractivity contribution in [2.75, 3.05) is 5.32 Å². The normalized spacial score (nSPS) is 13.3. The lowest BCUT2D eigenvalue weighted by atomic mass is 9.74. The van der Waals surface area contributed by atoms with Gasteiger partial charge in [-0.1, -0.05) is 88.3 Å². The number of amides is 1. The summed E-state index contributed by atoms with van der Waals surface area (Å²) in [6, 6.07) is 4.57. The molecule has 0 spiro atoms. The molecule has 0 aliphatic carbocycles. The Morgan fingerprint density at radius 1 is 0.792 bits per heavy atom. The van der Waals surface area contributed by atoms with Crippen LogP contribution < -0.4 is 5.32 Å². The van der Waals surface area contributed by atoms with Gasteiger partial charge in [0.25, 0.3) is 0 Å². The number of nitrogens with one attached hydrogen (secondary N) is 1. The van der Waals surface area contributed by atoms with Crippen LogP contribution in [0.15, 0.2) is 12.1 Å². The van der Waals surface area contributed by atoms with Gasteiger partial charge in [-0.15, -0.1) is 0 Å². The summed E-state index contributed by atoms with van der Waals surface area (Å²) in [5.74, 6) is 0.0439. The van der Waals surface area contributed by atoms with Crippen molar-refractivity contribution in [1.82, 2.24) is 0 Å². The predicted octanol–water partition coefficient (Wildman–Crippen LogP) is 6.17. The standard InChI is InChI=1S/C22H37NO/c1-14(2)19(24)23-18-16(21(6,7)8)12-15(20(3,4)5)13-17(18)22(9,10)11/h12-14H,1-11H3,(H,23,24). The van der Waals surface area contributed by atoms with E-state index in [0.717, 1.165) is 5.69 Å². The van der Waals surface area contributed by atoms with Crippen LogP contribution >= 0.6 is 0 Å². The van der Waals surface area contributed by atoms with E-state index in [4.69, 9.17) is 0 Å². The van der Waals surface area contributed by atoms with E-state index < -0.39 is 0 Å².